The quantitative estimate of drug-likeness (QED) is 0.532. The number of esters is 1. The van der Waals surface area contributed by atoms with E-state index in [-0.39, 0.29) is 18.4 Å². The maximum absolute atomic E-state index is 12.8. The van der Waals surface area contributed by atoms with E-state index in [4.69, 9.17) is 14.2 Å². The molecule has 0 saturated heterocycles. The minimum atomic E-state index is -0.826. The average Bonchev–Trinajstić information content (AvgIpc) is 2.70. The van der Waals surface area contributed by atoms with Crippen LogP contribution in [0.25, 0.3) is 0 Å². The lowest BCUT2D eigenvalue weighted by Crippen LogP contribution is -2.52. The number of alkyl carbamates (subject to hydrolysis) is 1. The molecule has 0 aliphatic heterocycles. The number of carbonyl (C=O) groups excluding carboxylic acids is 3. The molecule has 168 valence electrons. The van der Waals surface area contributed by atoms with E-state index in [1.807, 2.05) is 27.7 Å². The molecule has 2 unspecified atom stereocenters. The van der Waals surface area contributed by atoms with Crippen molar-refractivity contribution >= 4 is 18.0 Å². The van der Waals surface area contributed by atoms with E-state index >= 15 is 0 Å². The third-order valence-corrected chi connectivity index (χ3v) is 4.35. The van der Waals surface area contributed by atoms with Crippen LogP contribution in [0.4, 0.5) is 4.79 Å². The number of nitrogens with one attached hydrogen (secondary N) is 2. The summed E-state index contributed by atoms with van der Waals surface area (Å²) in [4.78, 5) is 37.0. The number of ether oxygens (including phenoxy) is 3. The van der Waals surface area contributed by atoms with Crippen molar-refractivity contribution in [2.75, 3.05) is 14.2 Å². The summed E-state index contributed by atoms with van der Waals surface area (Å²) in [6.07, 6.45) is 0.137. The van der Waals surface area contributed by atoms with Crippen molar-refractivity contribution in [3.05, 3.63) is 29.8 Å². The largest absolute Gasteiger partial charge is 0.497 e. The number of rotatable bonds is 11. The van der Waals surface area contributed by atoms with Gasteiger partial charge in [-0.15, -0.1) is 0 Å². The maximum Gasteiger partial charge on any atom is 0.408 e. The van der Waals surface area contributed by atoms with E-state index < -0.39 is 30.1 Å². The van der Waals surface area contributed by atoms with Crippen molar-refractivity contribution in [2.24, 2.45) is 11.8 Å². The van der Waals surface area contributed by atoms with Crippen molar-refractivity contribution < 1.29 is 28.6 Å². The molecule has 0 radical (unpaired) electrons. The highest BCUT2D eigenvalue weighted by molar-refractivity contribution is 5.89. The lowest BCUT2D eigenvalue weighted by Gasteiger charge is -2.24. The van der Waals surface area contributed by atoms with E-state index in [1.165, 1.54) is 7.11 Å². The Labute approximate surface area is 178 Å². The van der Waals surface area contributed by atoms with Gasteiger partial charge >= 0.3 is 12.1 Å². The monoisotopic (exact) mass is 422 g/mol. The van der Waals surface area contributed by atoms with Crippen LogP contribution in [-0.2, 0) is 25.7 Å². The van der Waals surface area contributed by atoms with E-state index in [0.717, 1.165) is 5.56 Å². The Morgan fingerprint density at radius 3 is 1.93 bits per heavy atom. The fourth-order valence-electron chi connectivity index (χ4n) is 2.86. The van der Waals surface area contributed by atoms with Gasteiger partial charge in [0.05, 0.1) is 14.2 Å². The Morgan fingerprint density at radius 1 is 0.867 bits per heavy atom. The minimum Gasteiger partial charge on any atom is -0.497 e. The summed E-state index contributed by atoms with van der Waals surface area (Å²) in [6.45, 7) is 7.84. The molecule has 0 saturated carbocycles. The van der Waals surface area contributed by atoms with Crippen molar-refractivity contribution in [3.8, 4) is 5.75 Å². The number of hydrogen-bond donors (Lipinski definition) is 2. The Hall–Kier alpha value is -2.77. The number of amides is 2. The molecule has 0 fully saturated rings. The van der Waals surface area contributed by atoms with Crippen LogP contribution in [0.2, 0.25) is 0 Å². The Balaban J connectivity index is 2.72. The summed E-state index contributed by atoms with van der Waals surface area (Å²) >= 11 is 0. The first-order valence-electron chi connectivity index (χ1n) is 10.1. The first kappa shape index (κ1) is 25.3. The van der Waals surface area contributed by atoms with Crippen molar-refractivity contribution in [1.29, 1.82) is 0 Å². The second-order valence-electron chi connectivity index (χ2n) is 7.96. The smallest absolute Gasteiger partial charge is 0.408 e. The van der Waals surface area contributed by atoms with Gasteiger partial charge in [0.1, 0.15) is 24.4 Å². The Bertz CT molecular complexity index is 687. The zero-order valence-corrected chi connectivity index (χ0v) is 18.7. The highest BCUT2D eigenvalue weighted by Gasteiger charge is 2.28. The van der Waals surface area contributed by atoms with Gasteiger partial charge in [-0.2, -0.15) is 0 Å². The van der Waals surface area contributed by atoms with E-state index in [2.05, 4.69) is 10.6 Å². The SMILES string of the molecule is COC(=O)C(CC(C)C)NC(=O)C(CC(C)C)NC(=O)OCc1ccc(OC)cc1. The minimum absolute atomic E-state index is 0.0595. The third-order valence-electron chi connectivity index (χ3n) is 4.35. The third kappa shape index (κ3) is 9.15. The molecule has 0 heterocycles. The van der Waals surface area contributed by atoms with Gasteiger partial charge in [0.25, 0.3) is 0 Å². The predicted molar refractivity (Wildman–Crippen MR) is 113 cm³/mol. The highest BCUT2D eigenvalue weighted by atomic mass is 16.5. The molecule has 1 rings (SSSR count). The molecule has 2 atom stereocenters. The van der Waals surface area contributed by atoms with Crippen LogP contribution in [0.3, 0.4) is 0 Å². The highest BCUT2D eigenvalue weighted by Crippen LogP contribution is 2.13. The topological polar surface area (TPSA) is 103 Å². The summed E-state index contributed by atoms with van der Waals surface area (Å²) < 4.78 is 15.1. The van der Waals surface area contributed by atoms with E-state index in [0.29, 0.717) is 18.6 Å². The summed E-state index contributed by atoms with van der Waals surface area (Å²) in [6, 6.07) is 5.52. The van der Waals surface area contributed by atoms with Crippen molar-refractivity contribution in [1.82, 2.24) is 10.6 Å². The van der Waals surface area contributed by atoms with E-state index in [1.54, 1.807) is 31.4 Å². The van der Waals surface area contributed by atoms with Gasteiger partial charge in [0, 0.05) is 0 Å². The number of carbonyl (C=O) groups is 3. The van der Waals surface area contributed by atoms with Gasteiger partial charge < -0.3 is 24.8 Å². The van der Waals surface area contributed by atoms with Crippen LogP contribution < -0.4 is 15.4 Å². The van der Waals surface area contributed by atoms with E-state index in [9.17, 15) is 14.4 Å². The molecule has 8 nitrogen and oxygen atoms in total. The molecule has 2 amide bonds. The average molecular weight is 423 g/mol. The lowest BCUT2D eigenvalue weighted by molar-refractivity contribution is -0.145. The first-order valence-corrected chi connectivity index (χ1v) is 10.1. The summed E-state index contributed by atoms with van der Waals surface area (Å²) in [7, 11) is 2.85. The molecule has 30 heavy (non-hydrogen) atoms. The molecule has 2 N–H and O–H groups in total. The normalized spacial score (nSPS) is 12.8. The van der Waals surface area contributed by atoms with Crippen molar-refractivity contribution in [2.45, 2.75) is 59.2 Å². The Morgan fingerprint density at radius 2 is 1.43 bits per heavy atom. The van der Waals surface area contributed by atoms with Crippen molar-refractivity contribution in [3.63, 3.8) is 0 Å². The van der Waals surface area contributed by atoms with Gasteiger partial charge in [0.15, 0.2) is 0 Å². The lowest BCUT2D eigenvalue weighted by atomic mass is 10.0. The van der Waals surface area contributed by atoms with Crippen LogP contribution in [0.5, 0.6) is 5.75 Å². The van der Waals surface area contributed by atoms with Crippen LogP contribution in [-0.4, -0.2) is 44.3 Å². The van der Waals surface area contributed by atoms with Crippen LogP contribution >= 0.6 is 0 Å². The molecular weight excluding hydrogens is 388 g/mol. The molecular formula is C22H34N2O6. The molecule has 0 bridgehead atoms. The zero-order chi connectivity index (χ0) is 22.7. The predicted octanol–water partition coefficient (Wildman–Crippen LogP) is 3.04. The summed E-state index contributed by atoms with van der Waals surface area (Å²) in [5.41, 5.74) is 0.790. The van der Waals surface area contributed by atoms with Gasteiger partial charge in [0.2, 0.25) is 5.91 Å². The van der Waals surface area contributed by atoms with Crippen LogP contribution in [0.15, 0.2) is 24.3 Å². The van der Waals surface area contributed by atoms with Gasteiger partial charge in [-0.3, -0.25) is 4.79 Å². The molecule has 0 spiro atoms. The number of benzene rings is 1. The maximum atomic E-state index is 12.8. The molecule has 0 aliphatic rings. The van der Waals surface area contributed by atoms with Gasteiger partial charge in [-0.05, 0) is 42.4 Å². The number of methoxy groups -OCH3 is 2. The second kappa shape index (κ2) is 12.7. The molecule has 0 aromatic heterocycles. The second-order valence-corrected chi connectivity index (χ2v) is 7.96. The molecule has 0 aliphatic carbocycles. The Kier molecular flexibility index (Phi) is 10.7. The van der Waals surface area contributed by atoms with Gasteiger partial charge in [-0.1, -0.05) is 39.8 Å². The first-order chi connectivity index (χ1) is 14.2. The standard InChI is InChI=1S/C22H34N2O6/c1-14(2)11-18(20(25)23-19(12-15(3)4)21(26)29-6)24-22(27)30-13-16-7-9-17(28-5)10-8-16/h7-10,14-15,18-19H,11-13H2,1-6H3,(H,23,25)(H,24,27). The molecule has 1 aromatic rings. The van der Waals surface area contributed by atoms with Crippen LogP contribution in [0, 0.1) is 11.8 Å². The summed E-state index contributed by atoms with van der Waals surface area (Å²) in [5.74, 6) is 0.0756. The van der Waals surface area contributed by atoms with Gasteiger partial charge in [-0.25, -0.2) is 9.59 Å². The number of hydrogen-bond acceptors (Lipinski definition) is 6. The molecule has 8 heteroatoms. The summed E-state index contributed by atoms with van der Waals surface area (Å²) in [5, 5.41) is 5.31. The molecule has 1 aromatic carbocycles. The van der Waals surface area contributed by atoms with Crippen LogP contribution in [0.1, 0.15) is 46.1 Å². The fourth-order valence-corrected chi connectivity index (χ4v) is 2.86. The fraction of sp³-hybridized carbons (Fsp3) is 0.591. The zero-order valence-electron chi connectivity index (χ0n) is 18.7.